The first-order chi connectivity index (χ1) is 5.39. The van der Waals surface area contributed by atoms with E-state index in [1.807, 2.05) is 6.92 Å². The van der Waals surface area contributed by atoms with Crippen molar-refractivity contribution in [2.45, 2.75) is 39.2 Å². The highest BCUT2D eigenvalue weighted by Gasteiger charge is 2.66. The van der Waals surface area contributed by atoms with E-state index in [-0.39, 0.29) is 17.1 Å². The second-order valence-corrected chi connectivity index (χ2v) is 4.94. The van der Waals surface area contributed by atoms with Gasteiger partial charge in [-0.1, -0.05) is 20.8 Å². The van der Waals surface area contributed by atoms with Crippen LogP contribution in [0, 0.1) is 17.3 Å². The highest BCUT2D eigenvalue weighted by atomic mass is 16.3. The third kappa shape index (κ3) is 0.634. The number of ketones is 1. The Morgan fingerprint density at radius 2 is 2.08 bits per heavy atom. The van der Waals surface area contributed by atoms with Gasteiger partial charge in [-0.25, -0.2) is 0 Å². The van der Waals surface area contributed by atoms with E-state index in [0.717, 1.165) is 6.42 Å². The maximum absolute atomic E-state index is 11.4. The molecule has 3 fully saturated rings. The quantitative estimate of drug-likeness (QED) is 0.593. The van der Waals surface area contributed by atoms with Crippen LogP contribution in [-0.4, -0.2) is 16.5 Å². The molecule has 0 aromatic rings. The van der Waals surface area contributed by atoms with E-state index >= 15 is 0 Å². The average molecular weight is 168 g/mol. The number of hydrogen-bond donors (Lipinski definition) is 1. The Kier molecular flexibility index (Phi) is 1.32. The molecule has 3 atom stereocenters. The van der Waals surface area contributed by atoms with Gasteiger partial charge in [0.25, 0.3) is 0 Å². The molecule has 0 amide bonds. The number of aliphatic hydroxyl groups is 1. The number of Topliss-reactive ketones (excluding diaryl/α,β-unsaturated/α-hetero) is 1. The summed E-state index contributed by atoms with van der Waals surface area (Å²) in [6.45, 7) is 6.01. The lowest BCUT2D eigenvalue weighted by Crippen LogP contribution is -2.69. The lowest BCUT2D eigenvalue weighted by molar-refractivity contribution is -0.241. The van der Waals surface area contributed by atoms with Gasteiger partial charge in [-0.2, -0.15) is 0 Å². The third-order valence-electron chi connectivity index (χ3n) is 4.34. The molecule has 12 heavy (non-hydrogen) atoms. The Hall–Kier alpha value is -0.370. The number of hydrogen-bond acceptors (Lipinski definition) is 2. The fourth-order valence-corrected chi connectivity index (χ4v) is 2.86. The second kappa shape index (κ2) is 1.92. The van der Waals surface area contributed by atoms with Gasteiger partial charge in [-0.3, -0.25) is 4.79 Å². The van der Waals surface area contributed by atoms with Gasteiger partial charge in [-0.05, 0) is 17.8 Å². The van der Waals surface area contributed by atoms with Gasteiger partial charge in [0.15, 0.2) is 0 Å². The first-order valence-corrected chi connectivity index (χ1v) is 4.64. The van der Waals surface area contributed by atoms with Crippen molar-refractivity contribution in [3.05, 3.63) is 0 Å². The lowest BCUT2D eigenvalue weighted by atomic mass is 9.42. The van der Waals surface area contributed by atoms with Crippen LogP contribution in [-0.2, 0) is 4.79 Å². The molecule has 0 heterocycles. The standard InChI is InChI=1S/C10H16O2/c1-6-8(11)4-7-5-10(6,12)9(7,2)3/h6-7,12H,4-5H2,1-3H3. The van der Waals surface area contributed by atoms with Gasteiger partial charge in [0.1, 0.15) is 5.78 Å². The Balaban J connectivity index is 2.36. The molecule has 3 aliphatic carbocycles. The number of rotatable bonds is 0. The van der Waals surface area contributed by atoms with Crippen molar-refractivity contribution in [3.8, 4) is 0 Å². The van der Waals surface area contributed by atoms with Crippen LogP contribution >= 0.6 is 0 Å². The highest BCUT2D eigenvalue weighted by Crippen LogP contribution is 2.62. The van der Waals surface area contributed by atoms with E-state index < -0.39 is 5.60 Å². The Labute approximate surface area is 73.0 Å². The highest BCUT2D eigenvalue weighted by molar-refractivity contribution is 5.84. The minimum absolute atomic E-state index is 0.0413. The molecule has 2 heteroatoms. The molecule has 0 aromatic heterocycles. The van der Waals surface area contributed by atoms with Crippen LogP contribution in [0.3, 0.4) is 0 Å². The van der Waals surface area contributed by atoms with Crippen molar-refractivity contribution < 1.29 is 9.90 Å². The normalized spacial score (nSPS) is 50.2. The van der Waals surface area contributed by atoms with Gasteiger partial charge >= 0.3 is 0 Å². The summed E-state index contributed by atoms with van der Waals surface area (Å²) in [5, 5.41) is 10.2. The van der Waals surface area contributed by atoms with Crippen LogP contribution in [0.4, 0.5) is 0 Å². The molecule has 0 spiro atoms. The molecule has 1 N–H and O–H groups in total. The summed E-state index contributed by atoms with van der Waals surface area (Å²) in [5.41, 5.74) is -0.743. The smallest absolute Gasteiger partial charge is 0.138 e. The van der Waals surface area contributed by atoms with Crippen LogP contribution in [0.2, 0.25) is 0 Å². The molecule has 2 nitrogen and oxygen atoms in total. The fourth-order valence-electron chi connectivity index (χ4n) is 2.86. The molecule has 3 aliphatic rings. The second-order valence-electron chi connectivity index (χ2n) is 4.94. The SMILES string of the molecule is CC1C(=O)CC2CC1(O)C2(C)C. The van der Waals surface area contributed by atoms with Crippen molar-refractivity contribution in [1.29, 1.82) is 0 Å². The summed E-state index contributed by atoms with van der Waals surface area (Å²) in [6.07, 6.45) is 1.50. The molecule has 0 saturated heterocycles. The van der Waals surface area contributed by atoms with Gasteiger partial charge in [0.05, 0.1) is 5.60 Å². The monoisotopic (exact) mass is 168 g/mol. The van der Waals surface area contributed by atoms with Crippen molar-refractivity contribution in [3.63, 3.8) is 0 Å². The van der Waals surface area contributed by atoms with Crippen LogP contribution in [0.15, 0.2) is 0 Å². The molecule has 0 aromatic carbocycles. The zero-order valence-electron chi connectivity index (χ0n) is 7.92. The minimum atomic E-state index is -0.701. The molecule has 3 saturated carbocycles. The molecule has 68 valence electrons. The van der Waals surface area contributed by atoms with Crippen molar-refractivity contribution in [2.24, 2.45) is 17.3 Å². The van der Waals surface area contributed by atoms with Crippen LogP contribution in [0.25, 0.3) is 0 Å². The van der Waals surface area contributed by atoms with Gasteiger partial charge in [0, 0.05) is 12.3 Å². The van der Waals surface area contributed by atoms with Gasteiger partial charge in [-0.15, -0.1) is 0 Å². The maximum Gasteiger partial charge on any atom is 0.138 e. The number of fused-ring (bicyclic) bond motifs is 2. The summed E-state index contributed by atoms with van der Waals surface area (Å²) in [5.74, 6) is 0.511. The van der Waals surface area contributed by atoms with Crippen LogP contribution in [0.1, 0.15) is 33.6 Å². The minimum Gasteiger partial charge on any atom is -0.389 e. The number of carbonyl (C=O) groups is 1. The molecule has 3 rings (SSSR count). The molecule has 0 aliphatic heterocycles. The summed E-state index contributed by atoms with van der Waals surface area (Å²) in [6, 6.07) is 0. The predicted octanol–water partition coefficient (Wildman–Crippen LogP) is 1.37. The molecular formula is C10H16O2. The van der Waals surface area contributed by atoms with Crippen molar-refractivity contribution in [1.82, 2.24) is 0 Å². The van der Waals surface area contributed by atoms with E-state index in [4.69, 9.17) is 0 Å². The summed E-state index contributed by atoms with van der Waals surface area (Å²) < 4.78 is 0. The predicted molar refractivity (Wildman–Crippen MR) is 45.6 cm³/mol. The molecular weight excluding hydrogens is 152 g/mol. The topological polar surface area (TPSA) is 37.3 Å². The van der Waals surface area contributed by atoms with Gasteiger partial charge < -0.3 is 5.11 Å². The van der Waals surface area contributed by atoms with E-state index in [1.165, 1.54) is 0 Å². The molecule has 3 unspecified atom stereocenters. The molecule has 2 bridgehead atoms. The largest absolute Gasteiger partial charge is 0.389 e. The summed E-state index contributed by atoms with van der Waals surface area (Å²) in [4.78, 5) is 11.4. The average Bonchev–Trinajstić information content (AvgIpc) is 1.99. The first kappa shape index (κ1) is 8.24. The summed E-state index contributed by atoms with van der Waals surface area (Å²) in [7, 11) is 0. The Morgan fingerprint density at radius 1 is 1.50 bits per heavy atom. The first-order valence-electron chi connectivity index (χ1n) is 4.64. The van der Waals surface area contributed by atoms with E-state index in [1.54, 1.807) is 0 Å². The van der Waals surface area contributed by atoms with Crippen molar-refractivity contribution >= 4 is 5.78 Å². The van der Waals surface area contributed by atoms with E-state index in [0.29, 0.717) is 12.3 Å². The van der Waals surface area contributed by atoms with Gasteiger partial charge in [0.2, 0.25) is 0 Å². The number of carbonyl (C=O) groups excluding carboxylic acids is 1. The zero-order chi connectivity index (χ0) is 9.15. The molecule has 0 radical (unpaired) electrons. The fraction of sp³-hybridized carbons (Fsp3) is 0.900. The van der Waals surface area contributed by atoms with Crippen LogP contribution < -0.4 is 0 Å². The maximum atomic E-state index is 11.4. The van der Waals surface area contributed by atoms with E-state index in [2.05, 4.69) is 13.8 Å². The summed E-state index contributed by atoms with van der Waals surface area (Å²) >= 11 is 0. The van der Waals surface area contributed by atoms with E-state index in [9.17, 15) is 9.90 Å². The van der Waals surface area contributed by atoms with Crippen molar-refractivity contribution in [2.75, 3.05) is 0 Å². The zero-order valence-corrected chi connectivity index (χ0v) is 7.92. The van der Waals surface area contributed by atoms with Crippen LogP contribution in [0.5, 0.6) is 0 Å². The third-order valence-corrected chi connectivity index (χ3v) is 4.34. The lowest BCUT2D eigenvalue weighted by Gasteiger charge is -2.64. The Bertz CT molecular complexity index is 244. The Morgan fingerprint density at radius 3 is 2.50 bits per heavy atom.